The lowest BCUT2D eigenvalue weighted by Gasteiger charge is -2.23. The van der Waals surface area contributed by atoms with Crippen LogP contribution in [0.25, 0.3) is 0 Å². The predicted octanol–water partition coefficient (Wildman–Crippen LogP) is 4.65. The normalized spacial score (nSPS) is 20.2. The average Bonchev–Trinajstić information content (AvgIpc) is 2.96. The quantitative estimate of drug-likeness (QED) is 0.790. The molecule has 2 unspecified atom stereocenters. The molecule has 0 bridgehead atoms. The fraction of sp³-hybridized carbons (Fsp3) is 0.647. The molecule has 0 aliphatic carbocycles. The molecular weight excluding hydrogens is 270 g/mol. The van der Waals surface area contributed by atoms with Crippen molar-refractivity contribution in [3.8, 4) is 0 Å². The molecule has 1 aromatic carbocycles. The van der Waals surface area contributed by atoms with Crippen molar-refractivity contribution < 1.29 is 4.74 Å². The van der Waals surface area contributed by atoms with Gasteiger partial charge in [-0.25, -0.2) is 0 Å². The van der Waals surface area contributed by atoms with Crippen molar-refractivity contribution in [2.45, 2.75) is 58.1 Å². The second-order valence-electron chi connectivity index (χ2n) is 5.67. The zero-order valence-corrected chi connectivity index (χ0v) is 13.4. The van der Waals surface area contributed by atoms with E-state index in [1.54, 1.807) is 0 Å². The number of benzene rings is 1. The van der Waals surface area contributed by atoms with Crippen LogP contribution in [0, 0.1) is 6.92 Å². The van der Waals surface area contributed by atoms with Crippen molar-refractivity contribution in [1.29, 1.82) is 0 Å². The molecule has 2 atom stereocenters. The van der Waals surface area contributed by atoms with E-state index in [0.29, 0.717) is 12.1 Å². The number of rotatable bonds is 7. The third kappa shape index (κ3) is 4.21. The molecule has 3 heteroatoms. The zero-order chi connectivity index (χ0) is 14.4. The summed E-state index contributed by atoms with van der Waals surface area (Å²) < 4.78 is 5.74. The van der Waals surface area contributed by atoms with Gasteiger partial charge in [0, 0.05) is 17.7 Å². The van der Waals surface area contributed by atoms with Crippen LogP contribution in [0.1, 0.15) is 56.2 Å². The highest BCUT2D eigenvalue weighted by atomic mass is 35.5. The molecule has 1 aliphatic rings. The van der Waals surface area contributed by atoms with E-state index in [0.717, 1.165) is 37.4 Å². The monoisotopic (exact) mass is 295 g/mol. The first-order valence-electron chi connectivity index (χ1n) is 7.82. The van der Waals surface area contributed by atoms with E-state index in [-0.39, 0.29) is 0 Å². The maximum Gasteiger partial charge on any atom is 0.0576 e. The summed E-state index contributed by atoms with van der Waals surface area (Å²) in [5.41, 5.74) is 2.54. The van der Waals surface area contributed by atoms with Crippen LogP contribution in [0.3, 0.4) is 0 Å². The van der Waals surface area contributed by atoms with Gasteiger partial charge in [-0.05, 0) is 62.8 Å². The van der Waals surface area contributed by atoms with Crippen LogP contribution in [0.15, 0.2) is 18.2 Å². The van der Waals surface area contributed by atoms with E-state index in [9.17, 15) is 0 Å². The van der Waals surface area contributed by atoms with Crippen molar-refractivity contribution in [1.82, 2.24) is 5.32 Å². The molecule has 1 N–H and O–H groups in total. The summed E-state index contributed by atoms with van der Waals surface area (Å²) in [6.45, 7) is 6.30. The summed E-state index contributed by atoms with van der Waals surface area (Å²) in [6, 6.07) is 6.61. The second-order valence-corrected chi connectivity index (χ2v) is 6.08. The molecule has 1 aromatic rings. The van der Waals surface area contributed by atoms with Gasteiger partial charge in [0.1, 0.15) is 0 Å². The molecular formula is C17H26ClNO. The van der Waals surface area contributed by atoms with E-state index in [1.807, 2.05) is 6.07 Å². The summed E-state index contributed by atoms with van der Waals surface area (Å²) in [7, 11) is 0. The number of halogens is 1. The Hall–Kier alpha value is -0.570. The third-order valence-electron chi connectivity index (χ3n) is 4.13. The molecule has 2 rings (SSSR count). The number of nitrogens with one attached hydrogen (secondary N) is 1. The van der Waals surface area contributed by atoms with E-state index in [4.69, 9.17) is 16.3 Å². The molecule has 20 heavy (non-hydrogen) atoms. The van der Waals surface area contributed by atoms with Gasteiger partial charge in [-0.15, -0.1) is 0 Å². The second kappa shape index (κ2) is 8.02. The molecule has 2 nitrogen and oxygen atoms in total. The Balaban J connectivity index is 2.03. The number of hydrogen-bond donors (Lipinski definition) is 1. The van der Waals surface area contributed by atoms with Crippen LogP contribution in [0.5, 0.6) is 0 Å². The van der Waals surface area contributed by atoms with Crippen LogP contribution in [-0.4, -0.2) is 19.3 Å². The minimum absolute atomic E-state index is 0.387. The summed E-state index contributed by atoms with van der Waals surface area (Å²) in [5.74, 6) is 0. The van der Waals surface area contributed by atoms with Crippen LogP contribution in [-0.2, 0) is 4.74 Å². The molecule has 0 radical (unpaired) electrons. The highest BCUT2D eigenvalue weighted by Crippen LogP contribution is 2.29. The Bertz CT molecular complexity index is 415. The molecule has 0 amide bonds. The molecule has 1 aliphatic heterocycles. The largest absolute Gasteiger partial charge is 0.378 e. The first-order valence-corrected chi connectivity index (χ1v) is 8.20. The smallest absolute Gasteiger partial charge is 0.0576 e. The van der Waals surface area contributed by atoms with Gasteiger partial charge in [0.2, 0.25) is 0 Å². The minimum Gasteiger partial charge on any atom is -0.378 e. The first-order chi connectivity index (χ1) is 9.72. The van der Waals surface area contributed by atoms with Crippen LogP contribution in [0.2, 0.25) is 5.02 Å². The van der Waals surface area contributed by atoms with Gasteiger partial charge in [0.15, 0.2) is 0 Å². The van der Waals surface area contributed by atoms with Crippen LogP contribution >= 0.6 is 11.6 Å². The summed E-state index contributed by atoms with van der Waals surface area (Å²) >= 11 is 6.27. The standard InChI is InChI=1S/C17H26ClNO/c1-3-11-19-17(10-9-14-6-5-12-20-14)15-7-4-8-16(18)13(15)2/h4,7-8,14,17,19H,3,5-6,9-12H2,1-2H3. The van der Waals surface area contributed by atoms with Crippen LogP contribution in [0.4, 0.5) is 0 Å². The molecule has 1 fully saturated rings. The Kier molecular flexibility index (Phi) is 6.34. The van der Waals surface area contributed by atoms with E-state index < -0.39 is 0 Å². The minimum atomic E-state index is 0.387. The number of ether oxygens (including phenoxy) is 1. The zero-order valence-electron chi connectivity index (χ0n) is 12.6. The topological polar surface area (TPSA) is 21.3 Å². The Morgan fingerprint density at radius 1 is 1.45 bits per heavy atom. The number of hydrogen-bond acceptors (Lipinski definition) is 2. The van der Waals surface area contributed by atoms with Crippen LogP contribution < -0.4 is 5.32 Å². The van der Waals surface area contributed by atoms with Gasteiger partial charge in [-0.2, -0.15) is 0 Å². The summed E-state index contributed by atoms with van der Waals surface area (Å²) in [6.07, 6.45) is 6.29. The summed E-state index contributed by atoms with van der Waals surface area (Å²) in [4.78, 5) is 0. The van der Waals surface area contributed by atoms with Gasteiger partial charge < -0.3 is 10.1 Å². The van der Waals surface area contributed by atoms with Gasteiger partial charge in [-0.1, -0.05) is 30.7 Å². The molecule has 1 saturated heterocycles. The van der Waals surface area contributed by atoms with Crippen molar-refractivity contribution in [2.75, 3.05) is 13.2 Å². The van der Waals surface area contributed by atoms with Gasteiger partial charge >= 0.3 is 0 Å². The summed E-state index contributed by atoms with van der Waals surface area (Å²) in [5, 5.41) is 4.53. The lowest BCUT2D eigenvalue weighted by molar-refractivity contribution is 0.0995. The highest BCUT2D eigenvalue weighted by molar-refractivity contribution is 6.31. The average molecular weight is 296 g/mol. The van der Waals surface area contributed by atoms with E-state index >= 15 is 0 Å². The fourth-order valence-electron chi connectivity index (χ4n) is 2.91. The SMILES string of the molecule is CCCNC(CCC1CCCO1)c1cccc(Cl)c1C. The molecule has 0 aromatic heterocycles. The first kappa shape index (κ1) is 15.8. The van der Waals surface area contributed by atoms with Gasteiger partial charge in [-0.3, -0.25) is 0 Å². The Labute approximate surface area is 127 Å². The highest BCUT2D eigenvalue weighted by Gasteiger charge is 2.20. The maximum absolute atomic E-state index is 6.27. The Morgan fingerprint density at radius 3 is 3.00 bits per heavy atom. The Morgan fingerprint density at radius 2 is 2.30 bits per heavy atom. The van der Waals surface area contributed by atoms with Crippen molar-refractivity contribution >= 4 is 11.6 Å². The maximum atomic E-state index is 6.27. The lowest BCUT2D eigenvalue weighted by atomic mass is 9.95. The van der Waals surface area contributed by atoms with Gasteiger partial charge in [0.05, 0.1) is 6.10 Å². The van der Waals surface area contributed by atoms with E-state index in [1.165, 1.54) is 24.0 Å². The molecule has 0 saturated carbocycles. The van der Waals surface area contributed by atoms with Gasteiger partial charge in [0.25, 0.3) is 0 Å². The van der Waals surface area contributed by atoms with E-state index in [2.05, 4.69) is 31.3 Å². The molecule has 1 heterocycles. The van der Waals surface area contributed by atoms with Crippen molar-refractivity contribution in [3.05, 3.63) is 34.3 Å². The van der Waals surface area contributed by atoms with Crippen molar-refractivity contribution in [3.63, 3.8) is 0 Å². The molecule has 112 valence electrons. The fourth-order valence-corrected chi connectivity index (χ4v) is 3.09. The van der Waals surface area contributed by atoms with Crippen molar-refractivity contribution in [2.24, 2.45) is 0 Å². The lowest BCUT2D eigenvalue weighted by Crippen LogP contribution is -2.24. The predicted molar refractivity (Wildman–Crippen MR) is 85.4 cm³/mol. The third-order valence-corrected chi connectivity index (χ3v) is 4.54. The molecule has 0 spiro atoms.